The van der Waals surface area contributed by atoms with E-state index in [1.165, 1.54) is 16.0 Å². The van der Waals surface area contributed by atoms with Gasteiger partial charge < -0.3 is 4.90 Å². The summed E-state index contributed by atoms with van der Waals surface area (Å²) in [5.74, 6) is -0.354. The molecule has 2 aromatic carbocycles. The van der Waals surface area contributed by atoms with Gasteiger partial charge in [-0.2, -0.15) is 0 Å². The highest BCUT2D eigenvalue weighted by molar-refractivity contribution is 6.30. The molecule has 0 atom stereocenters. The Morgan fingerprint density at radius 1 is 0.917 bits per heavy atom. The summed E-state index contributed by atoms with van der Waals surface area (Å²) in [5.41, 5.74) is 4.05. The summed E-state index contributed by atoms with van der Waals surface area (Å²) in [4.78, 5) is 12.5. The molecule has 2 aromatic rings. The third-order valence-corrected chi connectivity index (χ3v) is 4.30. The molecule has 0 saturated heterocycles. The normalized spacial score (nSPS) is 10.8. The zero-order valence-electron chi connectivity index (χ0n) is 13.3. The Bertz CT molecular complexity index is 598. The van der Waals surface area contributed by atoms with Crippen LogP contribution >= 0.6 is 23.2 Å². The monoisotopic (exact) mass is 367 g/mol. The minimum absolute atomic E-state index is 0.307. The molecule has 2 rings (SSSR count). The highest BCUT2D eigenvalue weighted by atomic mass is 35.5. The second kappa shape index (κ2) is 9.64. The van der Waals surface area contributed by atoms with Gasteiger partial charge in [-0.15, -0.1) is 0 Å². The van der Waals surface area contributed by atoms with E-state index in [-0.39, 0.29) is 5.91 Å². The summed E-state index contributed by atoms with van der Waals surface area (Å²) in [6.45, 7) is 2.49. The molecule has 0 spiro atoms. The molecule has 0 unspecified atom stereocenters. The molecular formula is C18H21Cl2N2O2+. The van der Waals surface area contributed by atoms with Crippen LogP contribution in [-0.4, -0.2) is 17.7 Å². The molecule has 24 heavy (non-hydrogen) atoms. The zero-order valence-corrected chi connectivity index (χ0v) is 14.8. The largest absolute Gasteiger partial charge is 0.327 e. The maximum absolute atomic E-state index is 11.2. The summed E-state index contributed by atoms with van der Waals surface area (Å²) in [5, 5.41) is 10.0. The van der Waals surface area contributed by atoms with Crippen molar-refractivity contribution in [3.8, 4) is 0 Å². The zero-order chi connectivity index (χ0) is 17.4. The molecule has 0 saturated carbocycles. The van der Waals surface area contributed by atoms with Crippen molar-refractivity contribution in [2.45, 2.75) is 25.9 Å². The van der Waals surface area contributed by atoms with Gasteiger partial charge in [-0.3, -0.25) is 10.0 Å². The van der Waals surface area contributed by atoms with Gasteiger partial charge in [-0.1, -0.05) is 47.5 Å². The Morgan fingerprint density at radius 3 is 1.79 bits per heavy atom. The van der Waals surface area contributed by atoms with E-state index in [0.29, 0.717) is 12.8 Å². The van der Waals surface area contributed by atoms with Gasteiger partial charge in [0.2, 0.25) is 5.91 Å². The van der Waals surface area contributed by atoms with Crippen molar-refractivity contribution in [3.05, 3.63) is 69.7 Å². The number of hydrogen-bond donors (Lipinski definition) is 3. The molecule has 0 aliphatic heterocycles. The van der Waals surface area contributed by atoms with Crippen LogP contribution < -0.4 is 10.4 Å². The first-order chi connectivity index (χ1) is 11.6. The highest BCUT2D eigenvalue weighted by Gasteiger charge is 2.12. The molecule has 3 N–H and O–H groups in total. The van der Waals surface area contributed by atoms with E-state index in [1.54, 1.807) is 5.48 Å². The molecule has 0 radical (unpaired) electrons. The number of benzene rings is 2. The molecule has 0 heterocycles. The van der Waals surface area contributed by atoms with E-state index < -0.39 is 0 Å². The first-order valence-electron chi connectivity index (χ1n) is 7.82. The van der Waals surface area contributed by atoms with Crippen LogP contribution in [0.1, 0.15) is 24.0 Å². The number of rotatable bonds is 8. The first-order valence-corrected chi connectivity index (χ1v) is 8.58. The maximum atomic E-state index is 11.2. The molecule has 0 fully saturated rings. The van der Waals surface area contributed by atoms with Gasteiger partial charge in [-0.05, 0) is 24.3 Å². The number of amides is 1. The lowest BCUT2D eigenvalue weighted by Crippen LogP contribution is -3.09. The number of carbonyl (C=O) groups excluding carboxylic acids is 1. The van der Waals surface area contributed by atoms with Crippen LogP contribution in [0.2, 0.25) is 10.0 Å². The van der Waals surface area contributed by atoms with Gasteiger partial charge in [0, 0.05) is 34.0 Å². The van der Waals surface area contributed by atoms with Crippen LogP contribution in [0.25, 0.3) is 0 Å². The molecule has 128 valence electrons. The van der Waals surface area contributed by atoms with Gasteiger partial charge in [0.25, 0.3) is 0 Å². The van der Waals surface area contributed by atoms with Gasteiger partial charge in [0.15, 0.2) is 0 Å². The minimum Gasteiger partial charge on any atom is -0.327 e. The third-order valence-electron chi connectivity index (χ3n) is 3.79. The van der Waals surface area contributed by atoms with Crippen molar-refractivity contribution in [1.82, 2.24) is 5.48 Å². The number of quaternary nitrogens is 1. The summed E-state index contributed by atoms with van der Waals surface area (Å²) < 4.78 is 0. The lowest BCUT2D eigenvalue weighted by molar-refractivity contribution is -0.927. The second-order valence-corrected chi connectivity index (χ2v) is 6.62. The lowest BCUT2D eigenvalue weighted by atomic mass is 10.1. The number of hydrogen-bond acceptors (Lipinski definition) is 2. The molecule has 0 aromatic heterocycles. The van der Waals surface area contributed by atoms with Crippen LogP contribution in [0.5, 0.6) is 0 Å². The summed E-state index contributed by atoms with van der Waals surface area (Å²) >= 11 is 11.9. The molecule has 4 nitrogen and oxygen atoms in total. The molecule has 0 aliphatic carbocycles. The Kier molecular flexibility index (Phi) is 7.53. The molecule has 0 aliphatic rings. The average molecular weight is 368 g/mol. The number of nitrogens with one attached hydrogen (secondary N) is 2. The van der Waals surface area contributed by atoms with Crippen LogP contribution in [0, 0.1) is 0 Å². The Hall–Kier alpha value is -1.59. The van der Waals surface area contributed by atoms with Crippen LogP contribution in [0.4, 0.5) is 0 Å². The van der Waals surface area contributed by atoms with Gasteiger partial charge >= 0.3 is 0 Å². The van der Waals surface area contributed by atoms with Gasteiger partial charge in [0.1, 0.15) is 13.1 Å². The average Bonchev–Trinajstić information content (AvgIpc) is 2.58. The fourth-order valence-corrected chi connectivity index (χ4v) is 2.83. The summed E-state index contributed by atoms with van der Waals surface area (Å²) in [7, 11) is 0. The number of carbonyl (C=O) groups is 1. The van der Waals surface area contributed by atoms with E-state index in [2.05, 4.69) is 0 Å². The Morgan fingerprint density at radius 2 is 1.38 bits per heavy atom. The summed E-state index contributed by atoms with van der Waals surface area (Å²) in [6, 6.07) is 15.6. The van der Waals surface area contributed by atoms with E-state index in [9.17, 15) is 4.79 Å². The van der Waals surface area contributed by atoms with Crippen molar-refractivity contribution in [2.24, 2.45) is 0 Å². The predicted molar refractivity (Wildman–Crippen MR) is 95.3 cm³/mol. The molecular weight excluding hydrogens is 347 g/mol. The smallest absolute Gasteiger partial charge is 0.243 e. The second-order valence-electron chi connectivity index (χ2n) is 5.75. The highest BCUT2D eigenvalue weighted by Crippen LogP contribution is 2.10. The molecule has 6 heteroatoms. The fraction of sp³-hybridized carbons (Fsp3) is 0.278. The van der Waals surface area contributed by atoms with Gasteiger partial charge in [0.05, 0.1) is 6.54 Å². The molecule has 1 amide bonds. The van der Waals surface area contributed by atoms with E-state index in [4.69, 9.17) is 28.4 Å². The predicted octanol–water partition coefficient (Wildman–Crippen LogP) is 2.86. The van der Waals surface area contributed by atoms with Crippen LogP contribution in [0.3, 0.4) is 0 Å². The van der Waals surface area contributed by atoms with Crippen LogP contribution in [-0.2, 0) is 17.9 Å². The van der Waals surface area contributed by atoms with E-state index >= 15 is 0 Å². The van der Waals surface area contributed by atoms with E-state index in [1.807, 2.05) is 48.5 Å². The SMILES string of the molecule is O=C(CCC[NH+](Cc1ccc(Cl)cc1)Cc1ccc(Cl)cc1)NO. The van der Waals surface area contributed by atoms with Crippen molar-refractivity contribution < 1.29 is 14.9 Å². The van der Waals surface area contributed by atoms with E-state index in [0.717, 1.165) is 29.7 Å². The topological polar surface area (TPSA) is 53.8 Å². The van der Waals surface area contributed by atoms with Crippen molar-refractivity contribution >= 4 is 29.1 Å². The first kappa shape index (κ1) is 18.7. The van der Waals surface area contributed by atoms with Crippen molar-refractivity contribution in [2.75, 3.05) is 6.54 Å². The summed E-state index contributed by atoms with van der Waals surface area (Å²) in [6.07, 6.45) is 1.00. The Labute approximate surface area is 152 Å². The third kappa shape index (κ3) is 6.49. The maximum Gasteiger partial charge on any atom is 0.243 e. The number of hydroxylamine groups is 1. The quantitative estimate of drug-likeness (QED) is 0.496. The van der Waals surface area contributed by atoms with Gasteiger partial charge in [-0.25, -0.2) is 5.48 Å². The lowest BCUT2D eigenvalue weighted by Gasteiger charge is -2.20. The number of halogens is 2. The van der Waals surface area contributed by atoms with Crippen molar-refractivity contribution in [1.29, 1.82) is 0 Å². The minimum atomic E-state index is -0.354. The van der Waals surface area contributed by atoms with Crippen LogP contribution in [0.15, 0.2) is 48.5 Å². The Balaban J connectivity index is 2.00. The standard InChI is InChI=1S/C18H20Cl2N2O2/c19-16-7-3-14(4-8-16)12-22(11-1-2-18(23)21-24)13-15-5-9-17(20)10-6-15/h3-10,24H,1-2,11-13H2,(H,21,23)/p+1. The van der Waals surface area contributed by atoms with Crippen molar-refractivity contribution in [3.63, 3.8) is 0 Å². The fourth-order valence-electron chi connectivity index (χ4n) is 2.58. The molecule has 0 bridgehead atoms.